The molecule has 5 aromatic rings. The van der Waals surface area contributed by atoms with Gasteiger partial charge in [-0.2, -0.15) is 0 Å². The number of rotatable bonds is 6. The molecule has 4 aromatic carbocycles. The Hall–Kier alpha value is -4.38. The minimum atomic E-state index is 0.0930. The molecule has 1 aromatic heterocycles. The van der Waals surface area contributed by atoms with Crippen LogP contribution in [0.2, 0.25) is 0 Å². The van der Waals surface area contributed by atoms with Crippen molar-refractivity contribution in [2.75, 3.05) is 0 Å². The normalized spacial score (nSPS) is 11.2. The van der Waals surface area contributed by atoms with E-state index in [4.69, 9.17) is 9.15 Å². The van der Waals surface area contributed by atoms with Gasteiger partial charge in [-0.05, 0) is 65.7 Å². The van der Waals surface area contributed by atoms with Gasteiger partial charge in [-0.15, -0.1) is 0 Å². The Morgan fingerprint density at radius 2 is 1.66 bits per heavy atom. The number of fused-ring (bicyclic) bond motifs is 1. The van der Waals surface area contributed by atoms with Crippen molar-refractivity contribution >= 4 is 23.0 Å². The topological polar surface area (TPSA) is 67.9 Å². The van der Waals surface area contributed by atoms with Crippen LogP contribution in [0.25, 0.3) is 22.6 Å². The molecule has 0 aliphatic carbocycles. The summed E-state index contributed by atoms with van der Waals surface area (Å²) < 4.78 is 11.6. The maximum absolute atomic E-state index is 10.3. The van der Waals surface area contributed by atoms with Crippen molar-refractivity contribution in [3.8, 4) is 23.0 Å². The van der Waals surface area contributed by atoms with Crippen LogP contribution in [-0.2, 0) is 6.61 Å². The van der Waals surface area contributed by atoms with Gasteiger partial charge in [0.1, 0.15) is 23.6 Å². The van der Waals surface area contributed by atoms with Gasteiger partial charge in [0.15, 0.2) is 5.58 Å². The van der Waals surface area contributed by atoms with Crippen molar-refractivity contribution in [3.63, 3.8) is 0 Å². The first-order chi connectivity index (χ1) is 15.7. The summed E-state index contributed by atoms with van der Waals surface area (Å²) in [4.78, 5) is 8.99. The molecule has 0 aliphatic heterocycles. The molecule has 0 fully saturated rings. The summed E-state index contributed by atoms with van der Waals surface area (Å²) in [6.07, 6.45) is 1.77. The summed E-state index contributed by atoms with van der Waals surface area (Å²) in [5, 5.41) is 10.3. The van der Waals surface area contributed by atoms with E-state index in [1.165, 1.54) is 0 Å². The highest BCUT2D eigenvalue weighted by Gasteiger charge is 2.12. The van der Waals surface area contributed by atoms with Crippen LogP contribution in [0.4, 0.5) is 5.69 Å². The van der Waals surface area contributed by atoms with Crippen molar-refractivity contribution in [2.45, 2.75) is 6.61 Å². The van der Waals surface area contributed by atoms with Crippen LogP contribution in [0.3, 0.4) is 0 Å². The molecule has 5 nitrogen and oxygen atoms in total. The fraction of sp³-hybridized carbons (Fsp3) is 0.0370. The Morgan fingerprint density at radius 1 is 0.875 bits per heavy atom. The number of phenolic OH excluding ortho intramolecular Hbond substituents is 1. The van der Waals surface area contributed by atoms with Gasteiger partial charge in [0.2, 0.25) is 5.89 Å². The Labute approximate surface area is 185 Å². The summed E-state index contributed by atoms with van der Waals surface area (Å²) in [5.74, 6) is 1.25. The molecule has 0 bridgehead atoms. The van der Waals surface area contributed by atoms with Gasteiger partial charge in [0.05, 0.1) is 11.3 Å². The van der Waals surface area contributed by atoms with Crippen LogP contribution in [0.1, 0.15) is 11.1 Å². The maximum Gasteiger partial charge on any atom is 0.231 e. The first-order valence-electron chi connectivity index (χ1n) is 10.2. The highest BCUT2D eigenvalue weighted by atomic mass is 16.5. The predicted octanol–water partition coefficient (Wildman–Crippen LogP) is 6.53. The number of hydrogen-bond donors (Lipinski definition) is 1. The zero-order valence-electron chi connectivity index (χ0n) is 17.2. The van der Waals surface area contributed by atoms with Crippen molar-refractivity contribution in [1.82, 2.24) is 4.98 Å². The zero-order valence-corrected chi connectivity index (χ0v) is 17.2. The smallest absolute Gasteiger partial charge is 0.231 e. The number of para-hydroxylation sites is 2. The number of ether oxygens (including phenoxy) is 1. The Morgan fingerprint density at radius 3 is 2.47 bits per heavy atom. The SMILES string of the molecule is Oc1ccc(N=Cc2ccc(OCc3ccccc3)cc2)cc1-c1nc2ccccc2o1. The highest BCUT2D eigenvalue weighted by molar-refractivity contribution is 5.83. The summed E-state index contributed by atoms with van der Waals surface area (Å²) in [6.45, 7) is 0.528. The molecule has 1 N–H and O–H groups in total. The minimum absolute atomic E-state index is 0.0930. The number of oxazole rings is 1. The lowest BCUT2D eigenvalue weighted by Crippen LogP contribution is -1.94. The second-order valence-corrected chi connectivity index (χ2v) is 7.29. The summed E-state index contributed by atoms with van der Waals surface area (Å²) in [6, 6.07) is 30.4. The van der Waals surface area contributed by atoms with Crippen molar-refractivity contribution < 1.29 is 14.3 Å². The molecule has 32 heavy (non-hydrogen) atoms. The van der Waals surface area contributed by atoms with E-state index >= 15 is 0 Å². The highest BCUT2D eigenvalue weighted by Crippen LogP contribution is 2.34. The Kier molecular flexibility index (Phi) is 5.37. The van der Waals surface area contributed by atoms with E-state index in [0.29, 0.717) is 29.3 Å². The first-order valence-corrected chi connectivity index (χ1v) is 10.2. The van der Waals surface area contributed by atoms with Crippen LogP contribution in [0.5, 0.6) is 11.5 Å². The van der Waals surface area contributed by atoms with Gasteiger partial charge in [0.25, 0.3) is 0 Å². The molecule has 0 atom stereocenters. The Balaban J connectivity index is 1.30. The minimum Gasteiger partial charge on any atom is -0.507 e. The van der Waals surface area contributed by atoms with E-state index in [-0.39, 0.29) is 5.75 Å². The number of aromatic nitrogens is 1. The van der Waals surface area contributed by atoms with Crippen molar-refractivity contribution in [1.29, 1.82) is 0 Å². The average molecular weight is 420 g/mol. The largest absolute Gasteiger partial charge is 0.507 e. The van der Waals surface area contributed by atoms with Gasteiger partial charge in [0, 0.05) is 6.21 Å². The van der Waals surface area contributed by atoms with Crippen LogP contribution in [-0.4, -0.2) is 16.3 Å². The fourth-order valence-corrected chi connectivity index (χ4v) is 3.30. The molecule has 0 saturated carbocycles. The second kappa shape index (κ2) is 8.78. The molecular weight excluding hydrogens is 400 g/mol. The van der Waals surface area contributed by atoms with E-state index in [1.54, 1.807) is 24.4 Å². The summed E-state index contributed by atoms with van der Waals surface area (Å²) in [5.41, 5.74) is 4.66. The van der Waals surface area contributed by atoms with Crippen LogP contribution in [0.15, 0.2) is 106 Å². The number of nitrogens with zero attached hydrogens (tertiary/aromatic N) is 2. The third-order valence-corrected chi connectivity index (χ3v) is 5.00. The molecule has 5 rings (SSSR count). The first kappa shape index (κ1) is 19.6. The maximum atomic E-state index is 10.3. The molecule has 5 heteroatoms. The molecular formula is C27H20N2O3. The third kappa shape index (κ3) is 4.37. The Bertz CT molecular complexity index is 1340. The molecule has 0 saturated heterocycles. The van der Waals surface area contributed by atoms with E-state index in [1.807, 2.05) is 78.9 Å². The van der Waals surface area contributed by atoms with Crippen molar-refractivity contribution in [2.24, 2.45) is 4.99 Å². The van der Waals surface area contributed by atoms with E-state index in [0.717, 1.165) is 22.4 Å². The fourth-order valence-electron chi connectivity index (χ4n) is 3.30. The van der Waals surface area contributed by atoms with Gasteiger partial charge in [-0.25, -0.2) is 4.98 Å². The standard InChI is InChI=1S/C27H20N2O3/c30-25-15-12-21(16-23(25)27-29-24-8-4-5-9-26(24)32-27)28-17-19-10-13-22(14-11-19)31-18-20-6-2-1-3-7-20/h1-17,30H,18H2. The number of phenols is 1. The second-order valence-electron chi connectivity index (χ2n) is 7.29. The van der Waals surface area contributed by atoms with Crippen LogP contribution < -0.4 is 4.74 Å². The molecule has 0 unspecified atom stereocenters. The summed E-state index contributed by atoms with van der Waals surface area (Å²) >= 11 is 0. The van der Waals surface area contributed by atoms with Gasteiger partial charge in [-0.3, -0.25) is 4.99 Å². The lowest BCUT2D eigenvalue weighted by Gasteiger charge is -2.06. The lowest BCUT2D eigenvalue weighted by atomic mass is 10.1. The lowest BCUT2D eigenvalue weighted by molar-refractivity contribution is 0.306. The third-order valence-electron chi connectivity index (χ3n) is 5.00. The number of aliphatic imine (C=N–C) groups is 1. The number of hydrogen-bond acceptors (Lipinski definition) is 5. The zero-order chi connectivity index (χ0) is 21.8. The molecule has 156 valence electrons. The number of aromatic hydroxyl groups is 1. The molecule has 0 aliphatic rings. The van der Waals surface area contributed by atoms with Crippen LogP contribution in [0, 0.1) is 0 Å². The van der Waals surface area contributed by atoms with Crippen LogP contribution >= 0.6 is 0 Å². The molecule has 0 spiro atoms. The molecule has 0 radical (unpaired) electrons. The van der Waals surface area contributed by atoms with Gasteiger partial charge >= 0.3 is 0 Å². The van der Waals surface area contributed by atoms with Gasteiger partial charge in [-0.1, -0.05) is 42.5 Å². The molecule has 1 heterocycles. The summed E-state index contributed by atoms with van der Waals surface area (Å²) in [7, 11) is 0. The monoisotopic (exact) mass is 420 g/mol. The van der Waals surface area contributed by atoms with E-state index < -0.39 is 0 Å². The average Bonchev–Trinajstić information content (AvgIpc) is 3.28. The quantitative estimate of drug-likeness (QED) is 0.317. The number of benzene rings is 4. The van der Waals surface area contributed by atoms with Gasteiger partial charge < -0.3 is 14.3 Å². The molecule has 0 amide bonds. The predicted molar refractivity (Wildman–Crippen MR) is 126 cm³/mol. The van der Waals surface area contributed by atoms with E-state index in [9.17, 15) is 5.11 Å². The van der Waals surface area contributed by atoms with Crippen molar-refractivity contribution in [3.05, 3.63) is 108 Å². The van der Waals surface area contributed by atoms with E-state index in [2.05, 4.69) is 9.98 Å².